The van der Waals surface area contributed by atoms with Gasteiger partial charge in [0.25, 0.3) is 0 Å². The zero-order valence-electron chi connectivity index (χ0n) is 7.78. The Bertz CT molecular complexity index is 532. The van der Waals surface area contributed by atoms with Gasteiger partial charge in [0.2, 0.25) is 5.76 Å². The van der Waals surface area contributed by atoms with Crippen molar-refractivity contribution in [2.75, 3.05) is 0 Å². The fraction of sp³-hybridized carbons (Fsp3) is 0. The minimum absolute atomic E-state index is 0.204. The molecule has 0 spiro atoms. The summed E-state index contributed by atoms with van der Waals surface area (Å²) in [6.45, 7) is 0. The van der Waals surface area contributed by atoms with Gasteiger partial charge in [-0.05, 0) is 18.2 Å². The SMILES string of the molecule is O=C(O)c1cc(-c2cc(F)cc(Cl)c2)no1. The Morgan fingerprint density at radius 2 is 2.12 bits per heavy atom. The molecule has 0 radical (unpaired) electrons. The van der Waals surface area contributed by atoms with Crippen LogP contribution in [0.4, 0.5) is 4.39 Å². The van der Waals surface area contributed by atoms with E-state index in [1.165, 1.54) is 18.2 Å². The van der Waals surface area contributed by atoms with Gasteiger partial charge in [0, 0.05) is 16.7 Å². The van der Waals surface area contributed by atoms with Gasteiger partial charge in [0.15, 0.2) is 0 Å². The van der Waals surface area contributed by atoms with Crippen LogP contribution in [0.15, 0.2) is 28.8 Å². The molecule has 0 amide bonds. The van der Waals surface area contributed by atoms with E-state index in [2.05, 4.69) is 9.68 Å². The number of hydrogen-bond donors (Lipinski definition) is 1. The summed E-state index contributed by atoms with van der Waals surface area (Å²) in [6.07, 6.45) is 0. The van der Waals surface area contributed by atoms with E-state index < -0.39 is 11.8 Å². The second-order valence-electron chi connectivity index (χ2n) is 3.04. The first-order valence-electron chi connectivity index (χ1n) is 4.23. The molecule has 0 saturated heterocycles. The largest absolute Gasteiger partial charge is 0.475 e. The highest BCUT2D eigenvalue weighted by atomic mass is 35.5. The minimum atomic E-state index is -1.23. The van der Waals surface area contributed by atoms with Crippen LogP contribution >= 0.6 is 11.6 Å². The number of hydrogen-bond acceptors (Lipinski definition) is 3. The molecule has 0 aliphatic rings. The summed E-state index contributed by atoms with van der Waals surface area (Å²) in [5, 5.41) is 12.3. The van der Waals surface area contributed by atoms with Gasteiger partial charge >= 0.3 is 5.97 Å². The van der Waals surface area contributed by atoms with Crippen LogP contribution in [-0.4, -0.2) is 16.2 Å². The lowest BCUT2D eigenvalue weighted by atomic mass is 10.1. The molecule has 0 fully saturated rings. The van der Waals surface area contributed by atoms with Crippen molar-refractivity contribution in [3.63, 3.8) is 0 Å². The average molecular weight is 242 g/mol. The Labute approximate surface area is 94.2 Å². The van der Waals surface area contributed by atoms with Crippen LogP contribution in [0.2, 0.25) is 5.02 Å². The van der Waals surface area contributed by atoms with Crippen molar-refractivity contribution in [3.05, 3.63) is 40.9 Å². The van der Waals surface area contributed by atoms with E-state index >= 15 is 0 Å². The van der Waals surface area contributed by atoms with Gasteiger partial charge in [-0.15, -0.1) is 0 Å². The lowest BCUT2D eigenvalue weighted by molar-refractivity contribution is 0.0652. The fourth-order valence-corrected chi connectivity index (χ4v) is 1.44. The third-order valence-electron chi connectivity index (χ3n) is 1.88. The van der Waals surface area contributed by atoms with Gasteiger partial charge in [0.1, 0.15) is 11.5 Å². The molecule has 2 aromatic rings. The van der Waals surface area contributed by atoms with Gasteiger partial charge in [-0.25, -0.2) is 9.18 Å². The number of nitrogens with zero attached hydrogens (tertiary/aromatic N) is 1. The Morgan fingerprint density at radius 1 is 1.38 bits per heavy atom. The van der Waals surface area contributed by atoms with E-state index in [0.717, 1.165) is 6.07 Å². The van der Waals surface area contributed by atoms with Crippen LogP contribution in [0, 0.1) is 5.82 Å². The highest BCUT2D eigenvalue weighted by molar-refractivity contribution is 6.30. The molecule has 6 heteroatoms. The average Bonchev–Trinajstić information content (AvgIpc) is 2.64. The van der Waals surface area contributed by atoms with E-state index in [4.69, 9.17) is 16.7 Å². The number of aromatic carboxylic acids is 1. The van der Waals surface area contributed by atoms with E-state index in [-0.39, 0.29) is 16.5 Å². The summed E-state index contributed by atoms with van der Waals surface area (Å²) in [5.41, 5.74) is 0.583. The molecule has 1 aromatic carbocycles. The lowest BCUT2D eigenvalue weighted by Gasteiger charge is -1.96. The molecule has 1 aromatic heterocycles. The van der Waals surface area contributed by atoms with Gasteiger partial charge < -0.3 is 9.63 Å². The number of rotatable bonds is 2. The number of aromatic nitrogens is 1. The third kappa shape index (κ3) is 2.04. The monoisotopic (exact) mass is 241 g/mol. The van der Waals surface area contributed by atoms with Crippen molar-refractivity contribution >= 4 is 17.6 Å². The van der Waals surface area contributed by atoms with E-state index in [1.807, 2.05) is 0 Å². The first kappa shape index (κ1) is 10.6. The molecule has 1 heterocycles. The molecule has 0 aliphatic heterocycles. The summed E-state index contributed by atoms with van der Waals surface area (Å²) in [5.74, 6) is -2.07. The molecule has 2 rings (SSSR count). The zero-order valence-corrected chi connectivity index (χ0v) is 8.53. The molecular formula is C10H5ClFNO3. The maximum Gasteiger partial charge on any atom is 0.374 e. The molecule has 0 atom stereocenters. The summed E-state index contributed by atoms with van der Waals surface area (Å²) in [4.78, 5) is 10.5. The van der Waals surface area contributed by atoms with Crippen LogP contribution < -0.4 is 0 Å². The fourth-order valence-electron chi connectivity index (χ4n) is 1.21. The molecule has 0 saturated carbocycles. The number of halogens is 2. The summed E-state index contributed by atoms with van der Waals surface area (Å²) < 4.78 is 17.6. The molecule has 0 unspecified atom stereocenters. The van der Waals surface area contributed by atoms with Crippen molar-refractivity contribution < 1.29 is 18.8 Å². The van der Waals surface area contributed by atoms with Gasteiger partial charge in [-0.2, -0.15) is 0 Å². The smallest absolute Gasteiger partial charge is 0.374 e. The molecule has 16 heavy (non-hydrogen) atoms. The van der Waals surface area contributed by atoms with Crippen LogP contribution in [0.3, 0.4) is 0 Å². The van der Waals surface area contributed by atoms with Crippen molar-refractivity contribution in [1.82, 2.24) is 5.16 Å². The highest BCUT2D eigenvalue weighted by Gasteiger charge is 2.13. The van der Waals surface area contributed by atoms with Crippen LogP contribution in [0.1, 0.15) is 10.6 Å². The Hall–Kier alpha value is -1.88. The first-order valence-corrected chi connectivity index (χ1v) is 4.60. The molecule has 1 N–H and O–H groups in total. The van der Waals surface area contributed by atoms with Crippen molar-refractivity contribution in [1.29, 1.82) is 0 Å². The predicted octanol–water partition coefficient (Wildman–Crippen LogP) is 2.83. The summed E-state index contributed by atoms with van der Waals surface area (Å²) >= 11 is 5.65. The molecule has 0 aliphatic carbocycles. The van der Waals surface area contributed by atoms with Crippen LogP contribution in [0.5, 0.6) is 0 Å². The minimum Gasteiger partial charge on any atom is -0.475 e. The molecular weight excluding hydrogens is 237 g/mol. The second kappa shape index (κ2) is 3.94. The lowest BCUT2D eigenvalue weighted by Crippen LogP contribution is -1.91. The molecule has 4 nitrogen and oxygen atoms in total. The Balaban J connectivity index is 2.46. The van der Waals surface area contributed by atoms with Crippen molar-refractivity contribution in [3.8, 4) is 11.3 Å². The number of benzene rings is 1. The maximum absolute atomic E-state index is 13.0. The molecule has 82 valence electrons. The maximum atomic E-state index is 13.0. The Morgan fingerprint density at radius 3 is 2.69 bits per heavy atom. The van der Waals surface area contributed by atoms with Crippen molar-refractivity contribution in [2.24, 2.45) is 0 Å². The van der Waals surface area contributed by atoms with Crippen molar-refractivity contribution in [2.45, 2.75) is 0 Å². The summed E-state index contributed by atoms with van der Waals surface area (Å²) in [6, 6.07) is 5.00. The Kier molecular flexibility index (Phi) is 2.62. The van der Waals surface area contributed by atoms with E-state index in [1.54, 1.807) is 0 Å². The topological polar surface area (TPSA) is 63.3 Å². The van der Waals surface area contributed by atoms with Gasteiger partial charge in [-0.3, -0.25) is 0 Å². The number of carbonyl (C=O) groups is 1. The number of carboxylic acid groups (broad SMARTS) is 1. The predicted molar refractivity (Wildman–Crippen MR) is 53.9 cm³/mol. The highest BCUT2D eigenvalue weighted by Crippen LogP contribution is 2.24. The zero-order chi connectivity index (χ0) is 11.7. The summed E-state index contributed by atoms with van der Waals surface area (Å²) in [7, 11) is 0. The second-order valence-corrected chi connectivity index (χ2v) is 3.48. The molecule has 0 bridgehead atoms. The van der Waals surface area contributed by atoms with E-state index in [0.29, 0.717) is 5.56 Å². The quantitative estimate of drug-likeness (QED) is 0.878. The van der Waals surface area contributed by atoms with E-state index in [9.17, 15) is 9.18 Å². The van der Waals surface area contributed by atoms with Crippen LogP contribution in [-0.2, 0) is 0 Å². The third-order valence-corrected chi connectivity index (χ3v) is 2.10. The normalized spacial score (nSPS) is 10.4. The van der Waals surface area contributed by atoms with Crippen LogP contribution in [0.25, 0.3) is 11.3 Å². The number of carboxylic acids is 1. The standard InChI is InChI=1S/C10H5ClFNO3/c11-6-1-5(2-7(12)3-6)8-4-9(10(14)15)16-13-8/h1-4H,(H,14,15). The van der Waals surface area contributed by atoms with Gasteiger partial charge in [-0.1, -0.05) is 16.8 Å². The first-order chi connectivity index (χ1) is 7.56. The van der Waals surface area contributed by atoms with Gasteiger partial charge in [0.05, 0.1) is 0 Å².